The number of nitrogens with one attached hydrogen (secondary N) is 3. The lowest BCUT2D eigenvalue weighted by Gasteiger charge is -2.55. The lowest BCUT2D eigenvalue weighted by molar-refractivity contribution is -0.146. The molecule has 0 aromatic rings. The van der Waals surface area contributed by atoms with Crippen molar-refractivity contribution in [2.24, 2.45) is 29.1 Å². The van der Waals surface area contributed by atoms with Gasteiger partial charge in [-0.3, -0.25) is 9.59 Å². The molecule has 5 fully saturated rings. The third-order valence-corrected chi connectivity index (χ3v) is 6.61. The van der Waals surface area contributed by atoms with Gasteiger partial charge in [-0.1, -0.05) is 0 Å². The Bertz CT molecular complexity index is 457. The molecule has 0 unspecified atom stereocenters. The summed E-state index contributed by atoms with van der Waals surface area (Å²) in [5, 5.41) is 9.24. The summed E-state index contributed by atoms with van der Waals surface area (Å²) in [5.74, 6) is 3.22. The Balaban J connectivity index is 0.00000169. The molecule has 4 saturated carbocycles. The van der Waals surface area contributed by atoms with Crippen LogP contribution in [0.4, 0.5) is 0 Å². The van der Waals surface area contributed by atoms with E-state index in [1.807, 2.05) is 0 Å². The summed E-state index contributed by atoms with van der Waals surface area (Å²) in [4.78, 5) is 24.6. The van der Waals surface area contributed by atoms with Crippen molar-refractivity contribution in [2.75, 3.05) is 26.2 Å². The van der Waals surface area contributed by atoms with Crippen molar-refractivity contribution in [1.82, 2.24) is 16.0 Å². The van der Waals surface area contributed by atoms with Crippen molar-refractivity contribution in [3.8, 4) is 0 Å². The van der Waals surface area contributed by atoms with Gasteiger partial charge in [-0.15, -0.1) is 12.4 Å². The molecule has 0 aromatic heterocycles. The highest BCUT2D eigenvalue weighted by Gasteiger charge is 2.54. The van der Waals surface area contributed by atoms with Crippen molar-refractivity contribution in [3.63, 3.8) is 0 Å². The Morgan fingerprint density at radius 1 is 0.958 bits per heavy atom. The molecule has 3 N–H and O–H groups in total. The van der Waals surface area contributed by atoms with Gasteiger partial charge in [0.05, 0.1) is 0 Å². The third-order valence-electron chi connectivity index (χ3n) is 6.61. The number of hydrogen-bond acceptors (Lipinski definition) is 3. The van der Waals surface area contributed by atoms with Gasteiger partial charge in [-0.25, -0.2) is 0 Å². The summed E-state index contributed by atoms with van der Waals surface area (Å²) in [6, 6.07) is 0. The number of rotatable bonds is 6. The van der Waals surface area contributed by atoms with E-state index in [0.29, 0.717) is 18.9 Å². The summed E-state index contributed by atoms with van der Waals surface area (Å²) in [7, 11) is 0. The summed E-state index contributed by atoms with van der Waals surface area (Å²) >= 11 is 0. The van der Waals surface area contributed by atoms with E-state index in [2.05, 4.69) is 16.0 Å². The Labute approximate surface area is 150 Å². The molecule has 5 aliphatic rings. The SMILES string of the molecule is Cl.O=C(CCNC(=O)C12CC3CC(CC(C3)C1)C2)NCC1CNC1. The van der Waals surface area contributed by atoms with Crippen LogP contribution in [0.15, 0.2) is 0 Å². The van der Waals surface area contributed by atoms with E-state index < -0.39 is 0 Å². The minimum absolute atomic E-state index is 0. The van der Waals surface area contributed by atoms with Gasteiger partial charge in [-0.05, 0) is 56.3 Å². The van der Waals surface area contributed by atoms with Gasteiger partial charge in [0.25, 0.3) is 0 Å². The zero-order chi connectivity index (χ0) is 15.9. The van der Waals surface area contributed by atoms with Gasteiger partial charge < -0.3 is 16.0 Å². The normalized spacial score (nSPS) is 36.6. The van der Waals surface area contributed by atoms with Crippen molar-refractivity contribution in [2.45, 2.75) is 44.9 Å². The molecule has 0 radical (unpaired) electrons. The zero-order valence-corrected chi connectivity index (χ0v) is 15.1. The van der Waals surface area contributed by atoms with E-state index >= 15 is 0 Å². The molecular weight excluding hydrogens is 326 g/mol. The van der Waals surface area contributed by atoms with Gasteiger partial charge in [-0.2, -0.15) is 0 Å². The van der Waals surface area contributed by atoms with Crippen LogP contribution in [-0.4, -0.2) is 38.0 Å². The van der Waals surface area contributed by atoms with Crippen molar-refractivity contribution < 1.29 is 9.59 Å². The minimum Gasteiger partial charge on any atom is -0.356 e. The first kappa shape index (κ1) is 18.0. The van der Waals surface area contributed by atoms with E-state index in [-0.39, 0.29) is 29.6 Å². The van der Waals surface area contributed by atoms with E-state index in [9.17, 15) is 9.59 Å². The standard InChI is InChI=1S/C18H29N3O2.ClH/c22-16(21-11-15-9-19-10-15)1-2-20-17(23)18-6-12-3-13(7-18)5-14(4-12)8-18;/h12-15,19H,1-11H2,(H,20,23)(H,21,22);1H. The quantitative estimate of drug-likeness (QED) is 0.675. The first-order valence-corrected chi connectivity index (χ1v) is 9.39. The van der Waals surface area contributed by atoms with Gasteiger partial charge >= 0.3 is 0 Å². The smallest absolute Gasteiger partial charge is 0.226 e. The van der Waals surface area contributed by atoms with Crippen LogP contribution in [0.3, 0.4) is 0 Å². The number of halogens is 1. The van der Waals surface area contributed by atoms with Crippen molar-refractivity contribution in [1.29, 1.82) is 0 Å². The molecule has 136 valence electrons. The largest absolute Gasteiger partial charge is 0.356 e. The Morgan fingerprint density at radius 3 is 2.04 bits per heavy atom. The lowest BCUT2D eigenvalue weighted by Crippen LogP contribution is -2.54. The predicted octanol–water partition coefficient (Wildman–Crippen LogP) is 1.47. The van der Waals surface area contributed by atoms with Gasteiger partial charge in [0, 0.05) is 43.9 Å². The van der Waals surface area contributed by atoms with Crippen molar-refractivity contribution >= 4 is 24.2 Å². The summed E-state index contributed by atoms with van der Waals surface area (Å²) in [6.45, 7) is 3.25. The van der Waals surface area contributed by atoms with Crippen molar-refractivity contribution in [3.05, 3.63) is 0 Å². The van der Waals surface area contributed by atoms with Crippen LogP contribution in [0.2, 0.25) is 0 Å². The summed E-state index contributed by atoms with van der Waals surface area (Å²) in [6.07, 6.45) is 7.72. The van der Waals surface area contributed by atoms with Crippen LogP contribution < -0.4 is 16.0 Å². The molecule has 0 spiro atoms. The predicted molar refractivity (Wildman–Crippen MR) is 94.8 cm³/mol. The second-order valence-electron chi connectivity index (χ2n) is 8.53. The van der Waals surface area contributed by atoms with E-state index in [0.717, 1.165) is 56.7 Å². The molecule has 5 rings (SSSR count). The number of hydrogen-bond donors (Lipinski definition) is 3. The van der Waals surface area contributed by atoms with Crippen LogP contribution in [0.1, 0.15) is 44.9 Å². The van der Waals surface area contributed by atoms with E-state index in [1.165, 1.54) is 19.3 Å². The molecule has 2 amide bonds. The zero-order valence-electron chi connectivity index (χ0n) is 14.3. The fraction of sp³-hybridized carbons (Fsp3) is 0.889. The average Bonchev–Trinajstić information content (AvgIpc) is 2.44. The number of carbonyl (C=O) groups is 2. The monoisotopic (exact) mass is 355 g/mol. The molecule has 0 aromatic carbocycles. The summed E-state index contributed by atoms with van der Waals surface area (Å²) < 4.78 is 0. The highest BCUT2D eigenvalue weighted by atomic mass is 35.5. The van der Waals surface area contributed by atoms with Crippen LogP contribution in [0, 0.1) is 29.1 Å². The third kappa shape index (κ3) is 3.57. The molecule has 24 heavy (non-hydrogen) atoms. The fourth-order valence-electron chi connectivity index (χ4n) is 5.71. The average molecular weight is 356 g/mol. The number of amides is 2. The lowest BCUT2D eigenvalue weighted by atomic mass is 9.49. The maximum absolute atomic E-state index is 12.7. The van der Waals surface area contributed by atoms with Crippen LogP contribution in [0.5, 0.6) is 0 Å². The second-order valence-corrected chi connectivity index (χ2v) is 8.53. The minimum atomic E-state index is -0.0944. The van der Waals surface area contributed by atoms with Crippen LogP contribution >= 0.6 is 12.4 Å². The Morgan fingerprint density at radius 2 is 1.54 bits per heavy atom. The molecular formula is C18H30ClN3O2. The fourth-order valence-corrected chi connectivity index (χ4v) is 5.71. The molecule has 6 heteroatoms. The van der Waals surface area contributed by atoms with Crippen LogP contribution in [0.25, 0.3) is 0 Å². The molecule has 4 bridgehead atoms. The molecule has 1 saturated heterocycles. The Hall–Kier alpha value is -0.810. The maximum atomic E-state index is 12.7. The van der Waals surface area contributed by atoms with Gasteiger partial charge in [0.1, 0.15) is 0 Å². The summed E-state index contributed by atoms with van der Waals surface area (Å²) in [5.41, 5.74) is -0.0944. The molecule has 1 heterocycles. The van der Waals surface area contributed by atoms with E-state index in [1.54, 1.807) is 0 Å². The van der Waals surface area contributed by atoms with Crippen LogP contribution in [-0.2, 0) is 9.59 Å². The van der Waals surface area contributed by atoms with E-state index in [4.69, 9.17) is 0 Å². The highest BCUT2D eigenvalue weighted by Crippen LogP contribution is 2.60. The molecule has 1 aliphatic heterocycles. The topological polar surface area (TPSA) is 70.2 Å². The Kier molecular flexibility index (Phi) is 5.40. The van der Waals surface area contributed by atoms with Gasteiger partial charge in [0.2, 0.25) is 11.8 Å². The molecule has 0 atom stereocenters. The van der Waals surface area contributed by atoms with Gasteiger partial charge in [0.15, 0.2) is 0 Å². The first-order valence-electron chi connectivity index (χ1n) is 9.39. The maximum Gasteiger partial charge on any atom is 0.226 e. The highest BCUT2D eigenvalue weighted by molar-refractivity contribution is 5.85. The molecule has 5 nitrogen and oxygen atoms in total. The molecule has 4 aliphatic carbocycles. The second kappa shape index (κ2) is 7.20. The first-order chi connectivity index (χ1) is 11.1. The number of carbonyl (C=O) groups excluding carboxylic acids is 2.